The van der Waals surface area contributed by atoms with Gasteiger partial charge in [-0.15, -0.1) is 0 Å². The van der Waals surface area contributed by atoms with Crippen LogP contribution >= 0.6 is 0 Å². The summed E-state index contributed by atoms with van der Waals surface area (Å²) in [6.07, 6.45) is 7.42. The second-order valence-electron chi connectivity index (χ2n) is 7.51. The van der Waals surface area contributed by atoms with Gasteiger partial charge in [-0.2, -0.15) is 0 Å². The van der Waals surface area contributed by atoms with Crippen molar-refractivity contribution in [2.24, 2.45) is 0 Å². The molecule has 1 heterocycles. The summed E-state index contributed by atoms with van der Waals surface area (Å²) in [6.45, 7) is 2.21. The van der Waals surface area contributed by atoms with Crippen molar-refractivity contribution in [1.82, 2.24) is 4.98 Å². The number of H-pyrrole nitrogens is 1. The largest absolute Gasteiger partial charge is 0.465 e. The molecule has 0 aliphatic heterocycles. The van der Waals surface area contributed by atoms with E-state index in [4.69, 9.17) is 4.74 Å². The van der Waals surface area contributed by atoms with E-state index in [1.165, 1.54) is 67.0 Å². The van der Waals surface area contributed by atoms with Crippen molar-refractivity contribution in [2.45, 2.75) is 51.4 Å². The maximum Gasteiger partial charge on any atom is 0.337 e. The quantitative estimate of drug-likeness (QED) is 0.560. The summed E-state index contributed by atoms with van der Waals surface area (Å²) in [6, 6.07) is 14.6. The molecule has 1 aliphatic carbocycles. The van der Waals surface area contributed by atoms with Gasteiger partial charge in [0.2, 0.25) is 0 Å². The van der Waals surface area contributed by atoms with E-state index in [0.29, 0.717) is 11.5 Å². The SMILES string of the molecule is CCc1ccccc1-c1[nH]c2cc(C(=O)OC)ccc2c1C1CCCCC1. The molecule has 0 bridgehead atoms. The molecule has 0 amide bonds. The van der Waals surface area contributed by atoms with Crippen molar-refractivity contribution in [3.05, 3.63) is 59.2 Å². The smallest absolute Gasteiger partial charge is 0.337 e. The highest BCUT2D eigenvalue weighted by Gasteiger charge is 2.25. The maximum atomic E-state index is 12.0. The molecule has 4 rings (SSSR count). The molecule has 27 heavy (non-hydrogen) atoms. The van der Waals surface area contributed by atoms with Gasteiger partial charge in [0.1, 0.15) is 0 Å². The molecule has 0 spiro atoms. The van der Waals surface area contributed by atoms with Gasteiger partial charge in [0.15, 0.2) is 0 Å². The zero-order valence-corrected chi connectivity index (χ0v) is 16.2. The molecule has 3 aromatic rings. The van der Waals surface area contributed by atoms with Crippen LogP contribution in [0.2, 0.25) is 0 Å². The number of carbonyl (C=O) groups excluding carboxylic acids is 1. The highest BCUT2D eigenvalue weighted by Crippen LogP contribution is 2.43. The highest BCUT2D eigenvalue weighted by molar-refractivity contribution is 5.98. The number of aromatic amines is 1. The van der Waals surface area contributed by atoms with Gasteiger partial charge in [0, 0.05) is 16.5 Å². The standard InChI is InChI=1S/C24H27NO2/c1-3-16-9-7-8-12-19(16)23-22(17-10-5-4-6-11-17)20-14-13-18(24(26)27-2)15-21(20)25-23/h7-9,12-15,17,25H,3-6,10-11H2,1-2H3. The molecule has 0 radical (unpaired) electrons. The van der Waals surface area contributed by atoms with Crippen molar-refractivity contribution in [3.8, 4) is 11.3 Å². The van der Waals surface area contributed by atoms with Crippen LogP contribution in [-0.4, -0.2) is 18.1 Å². The third-order valence-electron chi connectivity index (χ3n) is 5.94. The van der Waals surface area contributed by atoms with Crippen LogP contribution in [0.5, 0.6) is 0 Å². The molecular weight excluding hydrogens is 334 g/mol. The number of aryl methyl sites for hydroxylation is 1. The van der Waals surface area contributed by atoms with E-state index < -0.39 is 0 Å². The number of carbonyl (C=O) groups is 1. The zero-order valence-electron chi connectivity index (χ0n) is 16.2. The molecule has 1 fully saturated rings. The number of methoxy groups -OCH3 is 1. The number of nitrogens with one attached hydrogen (secondary N) is 1. The van der Waals surface area contributed by atoms with Crippen LogP contribution in [0.4, 0.5) is 0 Å². The average Bonchev–Trinajstić information content (AvgIpc) is 3.12. The van der Waals surface area contributed by atoms with Gasteiger partial charge in [0.05, 0.1) is 18.4 Å². The van der Waals surface area contributed by atoms with Crippen LogP contribution < -0.4 is 0 Å². The molecule has 1 N–H and O–H groups in total. The Morgan fingerprint density at radius 1 is 1.11 bits per heavy atom. The van der Waals surface area contributed by atoms with Crippen LogP contribution in [0.15, 0.2) is 42.5 Å². The minimum Gasteiger partial charge on any atom is -0.465 e. The van der Waals surface area contributed by atoms with E-state index in [-0.39, 0.29) is 5.97 Å². The Labute approximate surface area is 160 Å². The number of benzene rings is 2. The Hall–Kier alpha value is -2.55. The summed E-state index contributed by atoms with van der Waals surface area (Å²) in [5.74, 6) is 0.289. The molecule has 0 atom stereocenters. The van der Waals surface area contributed by atoms with Gasteiger partial charge >= 0.3 is 5.97 Å². The van der Waals surface area contributed by atoms with Crippen LogP contribution in [0.3, 0.4) is 0 Å². The van der Waals surface area contributed by atoms with Gasteiger partial charge < -0.3 is 9.72 Å². The van der Waals surface area contributed by atoms with Gasteiger partial charge in [-0.1, -0.05) is 56.5 Å². The summed E-state index contributed by atoms with van der Waals surface area (Å²) >= 11 is 0. The van der Waals surface area contributed by atoms with Crippen molar-refractivity contribution in [3.63, 3.8) is 0 Å². The predicted octanol–water partition coefficient (Wildman–Crippen LogP) is 6.23. The Kier molecular flexibility index (Phi) is 5.02. The zero-order chi connectivity index (χ0) is 18.8. The molecular formula is C24H27NO2. The summed E-state index contributed by atoms with van der Waals surface area (Å²) in [5.41, 5.74) is 6.93. The summed E-state index contributed by atoms with van der Waals surface area (Å²) in [7, 11) is 1.43. The first-order valence-electron chi connectivity index (χ1n) is 10.0. The normalized spacial score (nSPS) is 15.2. The van der Waals surface area contributed by atoms with Crippen molar-refractivity contribution >= 4 is 16.9 Å². The number of hydrogen-bond acceptors (Lipinski definition) is 2. The van der Waals surface area contributed by atoms with Crippen LogP contribution in [-0.2, 0) is 11.2 Å². The second-order valence-corrected chi connectivity index (χ2v) is 7.51. The number of aromatic nitrogens is 1. The highest BCUT2D eigenvalue weighted by atomic mass is 16.5. The molecule has 0 unspecified atom stereocenters. The molecule has 1 aliphatic rings. The molecule has 3 heteroatoms. The molecule has 1 aromatic heterocycles. The van der Waals surface area contributed by atoms with Gasteiger partial charge in [-0.25, -0.2) is 4.79 Å². The topological polar surface area (TPSA) is 42.1 Å². The Balaban J connectivity index is 1.93. The Bertz CT molecular complexity index is 964. The van der Waals surface area contributed by atoms with Crippen molar-refractivity contribution < 1.29 is 9.53 Å². The van der Waals surface area contributed by atoms with Crippen LogP contribution in [0, 0.1) is 0 Å². The Morgan fingerprint density at radius 2 is 1.89 bits per heavy atom. The lowest BCUT2D eigenvalue weighted by molar-refractivity contribution is 0.0601. The molecule has 2 aromatic carbocycles. The first-order valence-corrected chi connectivity index (χ1v) is 10.0. The van der Waals surface area contributed by atoms with Gasteiger partial charge in [-0.3, -0.25) is 0 Å². The third kappa shape index (κ3) is 3.27. The van der Waals surface area contributed by atoms with Crippen LogP contribution in [0.1, 0.15) is 66.4 Å². The van der Waals surface area contributed by atoms with Gasteiger partial charge in [-0.05, 0) is 48.4 Å². The molecule has 1 saturated carbocycles. The summed E-state index contributed by atoms with van der Waals surface area (Å²) < 4.78 is 4.91. The van der Waals surface area contributed by atoms with E-state index in [2.05, 4.69) is 42.2 Å². The number of ether oxygens (including phenoxy) is 1. The number of hydrogen-bond donors (Lipinski definition) is 1. The molecule has 3 nitrogen and oxygen atoms in total. The monoisotopic (exact) mass is 361 g/mol. The number of rotatable bonds is 4. The van der Waals surface area contributed by atoms with Gasteiger partial charge in [0.25, 0.3) is 0 Å². The first-order chi connectivity index (χ1) is 13.2. The summed E-state index contributed by atoms with van der Waals surface area (Å²) in [4.78, 5) is 15.6. The van der Waals surface area contributed by atoms with Crippen molar-refractivity contribution in [2.75, 3.05) is 7.11 Å². The van der Waals surface area contributed by atoms with Crippen LogP contribution in [0.25, 0.3) is 22.2 Å². The third-order valence-corrected chi connectivity index (χ3v) is 5.94. The van der Waals surface area contributed by atoms with E-state index in [1.807, 2.05) is 12.1 Å². The fourth-order valence-electron chi connectivity index (χ4n) is 4.56. The fraction of sp³-hybridized carbons (Fsp3) is 0.375. The maximum absolute atomic E-state index is 12.0. The summed E-state index contributed by atoms with van der Waals surface area (Å²) in [5, 5.41) is 1.25. The first kappa shape index (κ1) is 17.8. The minimum absolute atomic E-state index is 0.291. The van der Waals surface area contributed by atoms with E-state index in [9.17, 15) is 4.79 Å². The average molecular weight is 361 g/mol. The minimum atomic E-state index is -0.291. The van der Waals surface area contributed by atoms with E-state index in [0.717, 1.165) is 11.9 Å². The number of fused-ring (bicyclic) bond motifs is 1. The lowest BCUT2D eigenvalue weighted by atomic mass is 9.81. The Morgan fingerprint density at radius 3 is 2.63 bits per heavy atom. The number of esters is 1. The molecule has 0 saturated heterocycles. The predicted molar refractivity (Wildman–Crippen MR) is 110 cm³/mol. The second kappa shape index (κ2) is 7.59. The fourth-order valence-corrected chi connectivity index (χ4v) is 4.56. The van der Waals surface area contributed by atoms with E-state index >= 15 is 0 Å². The van der Waals surface area contributed by atoms with Crippen molar-refractivity contribution in [1.29, 1.82) is 0 Å². The molecule has 140 valence electrons. The lowest BCUT2D eigenvalue weighted by Gasteiger charge is -2.23. The lowest BCUT2D eigenvalue weighted by Crippen LogP contribution is -2.06. The van der Waals surface area contributed by atoms with E-state index in [1.54, 1.807) is 0 Å².